The summed E-state index contributed by atoms with van der Waals surface area (Å²) in [5, 5.41) is 0. The summed E-state index contributed by atoms with van der Waals surface area (Å²) >= 11 is 0. The topological polar surface area (TPSA) is 35.5 Å². The van der Waals surface area contributed by atoms with Gasteiger partial charge in [-0.3, -0.25) is 0 Å². The van der Waals surface area contributed by atoms with E-state index in [0.29, 0.717) is 6.61 Å². The number of likely N-dealkylation sites (N-methyl/N-ethyl adjacent to an activating group) is 1. The molecule has 0 aliphatic rings. The zero-order valence-corrected chi connectivity index (χ0v) is 13.4. The maximum atomic E-state index is 10.9. The highest BCUT2D eigenvalue weighted by Crippen LogP contribution is 2.06. The summed E-state index contributed by atoms with van der Waals surface area (Å²) in [5.74, 6) is 0. The first-order chi connectivity index (χ1) is 8.37. The van der Waals surface area contributed by atoms with Crippen LogP contribution < -0.4 is 0 Å². The molecule has 0 saturated carbocycles. The van der Waals surface area contributed by atoms with Crippen molar-refractivity contribution in [1.82, 2.24) is 0 Å². The van der Waals surface area contributed by atoms with Gasteiger partial charge in [0.1, 0.15) is 13.2 Å². The van der Waals surface area contributed by atoms with Crippen molar-refractivity contribution >= 4 is 15.0 Å². The third-order valence-corrected chi connectivity index (χ3v) is 4.45. The largest absolute Gasteiger partial charge is 0.513 e. The molecule has 18 heavy (non-hydrogen) atoms. The number of carbonyl (C=O) groups excluding carboxylic acids is 1. The number of hydrogen-bond acceptors (Lipinski definition) is 3. The van der Waals surface area contributed by atoms with Crippen molar-refractivity contribution in [2.75, 3.05) is 33.8 Å². The molecular weight excluding hydrogens is 246 g/mol. The molecular formula is C13H28NO3Si+. The van der Waals surface area contributed by atoms with Gasteiger partial charge in [-0.25, -0.2) is 4.79 Å². The van der Waals surface area contributed by atoms with Crippen LogP contribution in [-0.2, 0) is 9.47 Å². The molecule has 106 valence electrons. The highest BCUT2D eigenvalue weighted by atomic mass is 28.3. The van der Waals surface area contributed by atoms with Crippen LogP contribution in [0, 0.1) is 0 Å². The number of ether oxygens (including phenoxy) is 2. The highest BCUT2D eigenvalue weighted by Gasteiger charge is 2.15. The van der Waals surface area contributed by atoms with Crippen molar-refractivity contribution < 1.29 is 18.8 Å². The van der Waals surface area contributed by atoms with Crippen LogP contribution in [-0.4, -0.2) is 53.2 Å². The van der Waals surface area contributed by atoms with E-state index in [0.717, 1.165) is 23.8 Å². The van der Waals surface area contributed by atoms with Gasteiger partial charge in [0.05, 0.1) is 26.9 Å². The van der Waals surface area contributed by atoms with Gasteiger partial charge in [-0.05, 0) is 6.42 Å². The van der Waals surface area contributed by atoms with Crippen LogP contribution in [0.1, 0.15) is 12.8 Å². The molecule has 0 aromatic rings. The Morgan fingerprint density at radius 1 is 1.28 bits per heavy atom. The van der Waals surface area contributed by atoms with Gasteiger partial charge >= 0.3 is 6.16 Å². The van der Waals surface area contributed by atoms with E-state index in [2.05, 4.69) is 38.5 Å². The Morgan fingerprint density at radius 3 is 2.50 bits per heavy atom. The van der Waals surface area contributed by atoms with Crippen LogP contribution in [0.3, 0.4) is 0 Å². The molecule has 0 aliphatic carbocycles. The summed E-state index contributed by atoms with van der Waals surface area (Å²) in [7, 11) is 3.92. The molecule has 5 heteroatoms. The molecule has 0 fully saturated rings. The Kier molecular flexibility index (Phi) is 8.75. The molecule has 0 radical (unpaired) electrons. The van der Waals surface area contributed by atoms with Gasteiger partial charge in [0.25, 0.3) is 0 Å². The monoisotopic (exact) mass is 274 g/mol. The number of carbonyl (C=O) groups is 1. The van der Waals surface area contributed by atoms with E-state index in [1.165, 1.54) is 18.9 Å². The Bertz CT molecular complexity index is 255. The van der Waals surface area contributed by atoms with Gasteiger partial charge in [-0.2, -0.15) is 0 Å². The van der Waals surface area contributed by atoms with Crippen LogP contribution in [0.2, 0.25) is 19.1 Å². The Labute approximate surface area is 113 Å². The molecule has 0 atom stereocenters. The second-order valence-electron chi connectivity index (χ2n) is 5.66. The number of nitrogens with zero attached hydrogens (tertiary/aromatic N) is 1. The van der Waals surface area contributed by atoms with E-state index < -0.39 is 15.0 Å². The summed E-state index contributed by atoms with van der Waals surface area (Å²) in [6.07, 6.45) is 2.98. The number of unbranched alkanes of at least 4 members (excludes halogenated alkanes) is 1. The molecule has 0 amide bonds. The summed E-state index contributed by atoms with van der Waals surface area (Å²) in [4.78, 5) is 10.9. The summed E-state index contributed by atoms with van der Waals surface area (Å²) < 4.78 is 10.3. The van der Waals surface area contributed by atoms with Crippen LogP contribution in [0.4, 0.5) is 4.79 Å². The molecule has 0 rings (SSSR count). The van der Waals surface area contributed by atoms with E-state index in [1.54, 1.807) is 0 Å². The van der Waals surface area contributed by atoms with Crippen molar-refractivity contribution in [1.29, 1.82) is 0 Å². The minimum absolute atomic E-state index is 0.388. The molecule has 0 aromatic heterocycles. The molecule has 0 aliphatic heterocycles. The van der Waals surface area contributed by atoms with E-state index in [4.69, 9.17) is 4.74 Å². The van der Waals surface area contributed by atoms with Crippen molar-refractivity contribution in [3.05, 3.63) is 12.8 Å². The van der Waals surface area contributed by atoms with Gasteiger partial charge in [-0.1, -0.05) is 32.1 Å². The molecule has 0 bridgehead atoms. The Morgan fingerprint density at radius 2 is 1.94 bits per heavy atom. The average Bonchev–Trinajstić information content (AvgIpc) is 2.24. The van der Waals surface area contributed by atoms with Crippen molar-refractivity contribution in [2.45, 2.75) is 32.0 Å². The summed E-state index contributed by atoms with van der Waals surface area (Å²) in [6, 6.07) is 1.42. The van der Waals surface area contributed by atoms with E-state index in [-0.39, 0.29) is 0 Å². The fourth-order valence-corrected chi connectivity index (χ4v) is 2.79. The SMILES string of the molecule is C=COC(=O)OCC[N+](C)(C)CCCC[SiH](C)C. The average molecular weight is 274 g/mol. The smallest absolute Gasteiger partial charge is 0.428 e. The van der Waals surface area contributed by atoms with Gasteiger partial charge in [-0.15, -0.1) is 0 Å². The molecule has 4 nitrogen and oxygen atoms in total. The fourth-order valence-electron chi connectivity index (χ4n) is 1.68. The maximum absolute atomic E-state index is 10.9. The zero-order valence-electron chi connectivity index (χ0n) is 12.3. The van der Waals surface area contributed by atoms with Crippen LogP contribution in [0.5, 0.6) is 0 Å². The normalized spacial score (nSPS) is 11.4. The van der Waals surface area contributed by atoms with Crippen molar-refractivity contribution in [3.8, 4) is 0 Å². The van der Waals surface area contributed by atoms with Crippen LogP contribution in [0.15, 0.2) is 12.8 Å². The first-order valence-electron chi connectivity index (χ1n) is 6.63. The molecule has 0 aromatic carbocycles. The fraction of sp³-hybridized carbons (Fsp3) is 0.769. The zero-order chi connectivity index (χ0) is 14.0. The van der Waals surface area contributed by atoms with Crippen molar-refractivity contribution in [3.63, 3.8) is 0 Å². The second-order valence-corrected chi connectivity index (χ2v) is 9.02. The molecule has 0 spiro atoms. The van der Waals surface area contributed by atoms with Crippen LogP contribution in [0.25, 0.3) is 0 Å². The van der Waals surface area contributed by atoms with Crippen LogP contribution >= 0.6 is 0 Å². The van der Waals surface area contributed by atoms with E-state index in [9.17, 15) is 4.79 Å². The van der Waals surface area contributed by atoms with Crippen molar-refractivity contribution in [2.24, 2.45) is 0 Å². The second kappa shape index (κ2) is 9.16. The van der Waals surface area contributed by atoms with Gasteiger partial charge in [0.15, 0.2) is 0 Å². The third kappa shape index (κ3) is 10.3. The predicted molar refractivity (Wildman–Crippen MR) is 77.4 cm³/mol. The molecule has 0 saturated heterocycles. The first kappa shape index (κ1) is 17.2. The summed E-state index contributed by atoms with van der Waals surface area (Å²) in [6.45, 7) is 10.4. The lowest BCUT2D eigenvalue weighted by molar-refractivity contribution is -0.890. The lowest BCUT2D eigenvalue weighted by Crippen LogP contribution is -2.43. The van der Waals surface area contributed by atoms with E-state index >= 15 is 0 Å². The Balaban J connectivity index is 3.66. The number of quaternary nitrogens is 1. The minimum atomic E-state index is -0.671. The molecule has 0 N–H and O–H groups in total. The number of rotatable bonds is 9. The van der Waals surface area contributed by atoms with Gasteiger partial charge in [0.2, 0.25) is 0 Å². The first-order valence-corrected chi connectivity index (χ1v) is 9.76. The third-order valence-electron chi connectivity index (χ3n) is 2.89. The van der Waals surface area contributed by atoms with Gasteiger partial charge < -0.3 is 14.0 Å². The number of hydrogen-bond donors (Lipinski definition) is 0. The lowest BCUT2D eigenvalue weighted by atomic mass is 10.3. The predicted octanol–water partition coefficient (Wildman–Crippen LogP) is 2.63. The quantitative estimate of drug-likeness (QED) is 0.213. The summed E-state index contributed by atoms with van der Waals surface area (Å²) in [5.41, 5.74) is 0. The Hall–Kier alpha value is -0.813. The standard InChI is InChI=1S/C13H28NO3Si/c1-6-16-13(15)17-11-10-14(2,3)9-7-8-12-18(4)5/h6,18H,1,7-12H2,2-5H3/q+1. The maximum Gasteiger partial charge on any atom is 0.513 e. The highest BCUT2D eigenvalue weighted by molar-refractivity contribution is 6.55. The van der Waals surface area contributed by atoms with E-state index in [1.807, 2.05) is 0 Å². The van der Waals surface area contributed by atoms with Gasteiger partial charge in [0, 0.05) is 8.80 Å². The molecule has 0 unspecified atom stereocenters. The molecule has 0 heterocycles. The minimum Gasteiger partial charge on any atom is -0.428 e. The lowest BCUT2D eigenvalue weighted by Gasteiger charge is -2.29.